The number of ether oxygens (including phenoxy) is 4. The van der Waals surface area contributed by atoms with Crippen molar-refractivity contribution in [2.45, 2.75) is 26.2 Å². The minimum Gasteiger partial charge on any atom is -0.463 e. The highest BCUT2D eigenvalue weighted by Crippen LogP contribution is 1.94. The molecule has 0 aliphatic heterocycles. The molecule has 0 unspecified atom stereocenters. The normalized spacial score (nSPS) is 10.3. The smallest absolute Gasteiger partial charge is 0.306 e. The molecule has 22 heavy (non-hydrogen) atoms. The van der Waals surface area contributed by atoms with Crippen molar-refractivity contribution < 1.29 is 33.3 Å². The van der Waals surface area contributed by atoms with Crippen LogP contribution in [0.1, 0.15) is 26.2 Å². The Balaban J connectivity index is 3.22. The topological polar surface area (TPSA) is 88.1 Å². The van der Waals surface area contributed by atoms with Gasteiger partial charge in [0.2, 0.25) is 0 Å². The number of Topliss-reactive ketones (excluding diaryl/α,β-unsaturated/α-hetero) is 1. The van der Waals surface area contributed by atoms with Crippen molar-refractivity contribution >= 4 is 30.4 Å². The number of carbonyl (C=O) groups is 3. The van der Waals surface area contributed by atoms with Crippen molar-refractivity contribution in [3.8, 4) is 0 Å². The Hall–Kier alpha value is -1.12. The summed E-state index contributed by atoms with van der Waals surface area (Å²) in [7, 11) is 0. The van der Waals surface area contributed by atoms with Gasteiger partial charge in [0.1, 0.15) is 19.0 Å². The lowest BCUT2D eigenvalue weighted by molar-refractivity contribution is -0.147. The Labute approximate surface area is 136 Å². The first-order chi connectivity index (χ1) is 10.6. The van der Waals surface area contributed by atoms with Crippen LogP contribution in [0.5, 0.6) is 0 Å². The lowest BCUT2D eigenvalue weighted by atomic mass is 10.2. The number of rotatable bonds is 14. The molecule has 0 aliphatic carbocycles. The van der Waals surface area contributed by atoms with Gasteiger partial charge in [-0.25, -0.2) is 0 Å². The first kappa shape index (κ1) is 20.9. The predicted molar refractivity (Wildman–Crippen MR) is 81.9 cm³/mol. The van der Waals surface area contributed by atoms with Gasteiger partial charge >= 0.3 is 11.9 Å². The third kappa shape index (κ3) is 15.3. The highest BCUT2D eigenvalue weighted by atomic mass is 32.1. The van der Waals surface area contributed by atoms with Crippen LogP contribution in [0.2, 0.25) is 0 Å². The van der Waals surface area contributed by atoms with E-state index in [1.807, 2.05) is 0 Å². The van der Waals surface area contributed by atoms with Crippen LogP contribution in [0.3, 0.4) is 0 Å². The monoisotopic (exact) mass is 336 g/mol. The van der Waals surface area contributed by atoms with Gasteiger partial charge in [0.05, 0.1) is 39.3 Å². The third-order valence-corrected chi connectivity index (χ3v) is 2.57. The molecular weight excluding hydrogens is 312 g/mol. The zero-order valence-electron chi connectivity index (χ0n) is 12.9. The zero-order valence-corrected chi connectivity index (χ0v) is 13.8. The number of hydrogen-bond donors (Lipinski definition) is 1. The van der Waals surface area contributed by atoms with E-state index in [0.717, 1.165) is 0 Å². The maximum Gasteiger partial charge on any atom is 0.306 e. The molecule has 128 valence electrons. The van der Waals surface area contributed by atoms with Gasteiger partial charge in [0, 0.05) is 12.2 Å². The predicted octanol–water partition coefficient (Wildman–Crippen LogP) is 0.795. The fourth-order valence-corrected chi connectivity index (χ4v) is 1.45. The number of thiol groups is 1. The van der Waals surface area contributed by atoms with Crippen LogP contribution in [-0.4, -0.2) is 63.1 Å². The first-order valence-corrected chi connectivity index (χ1v) is 7.76. The van der Waals surface area contributed by atoms with E-state index >= 15 is 0 Å². The fraction of sp³-hybridized carbons (Fsp3) is 0.786. The molecule has 0 atom stereocenters. The molecule has 0 amide bonds. The second-order valence-corrected chi connectivity index (χ2v) is 4.79. The molecule has 7 nitrogen and oxygen atoms in total. The SMILES string of the molecule is CC(=O)CCC(=O)OCCOCCOCCOC(=O)CCS. The highest BCUT2D eigenvalue weighted by Gasteiger charge is 2.04. The van der Waals surface area contributed by atoms with Gasteiger partial charge in [0.15, 0.2) is 0 Å². The Kier molecular flexibility index (Phi) is 14.0. The summed E-state index contributed by atoms with van der Waals surface area (Å²) in [6.45, 7) is 3.09. The number of carbonyl (C=O) groups excluding carboxylic acids is 3. The van der Waals surface area contributed by atoms with Crippen molar-refractivity contribution in [2.75, 3.05) is 45.4 Å². The van der Waals surface area contributed by atoms with Crippen molar-refractivity contribution in [1.29, 1.82) is 0 Å². The highest BCUT2D eigenvalue weighted by molar-refractivity contribution is 7.80. The van der Waals surface area contributed by atoms with Crippen molar-refractivity contribution in [3.63, 3.8) is 0 Å². The largest absolute Gasteiger partial charge is 0.463 e. The molecule has 0 aromatic heterocycles. The molecule has 0 heterocycles. The summed E-state index contributed by atoms with van der Waals surface area (Å²) in [5.41, 5.74) is 0. The quantitative estimate of drug-likeness (QED) is 0.285. The van der Waals surface area contributed by atoms with Gasteiger partial charge < -0.3 is 23.7 Å². The number of esters is 2. The van der Waals surface area contributed by atoms with Gasteiger partial charge in [0.25, 0.3) is 0 Å². The summed E-state index contributed by atoms with van der Waals surface area (Å²) in [5, 5.41) is 0. The molecular formula is C14H24O7S. The Morgan fingerprint density at radius 2 is 1.18 bits per heavy atom. The van der Waals surface area contributed by atoms with Crippen molar-refractivity contribution in [2.24, 2.45) is 0 Å². The van der Waals surface area contributed by atoms with Gasteiger partial charge in [-0.05, 0) is 6.92 Å². The lowest BCUT2D eigenvalue weighted by Gasteiger charge is -2.07. The summed E-state index contributed by atoms with van der Waals surface area (Å²) in [6, 6.07) is 0. The van der Waals surface area contributed by atoms with Crippen LogP contribution in [-0.2, 0) is 33.3 Å². The Bertz CT molecular complexity index is 333. The molecule has 0 radical (unpaired) electrons. The molecule has 0 saturated carbocycles. The van der Waals surface area contributed by atoms with Gasteiger partial charge in [-0.1, -0.05) is 0 Å². The van der Waals surface area contributed by atoms with Crippen LogP contribution in [0.4, 0.5) is 0 Å². The third-order valence-electron chi connectivity index (χ3n) is 2.35. The van der Waals surface area contributed by atoms with E-state index in [1.54, 1.807) is 0 Å². The average Bonchev–Trinajstić information content (AvgIpc) is 2.47. The minimum atomic E-state index is -0.405. The summed E-state index contributed by atoms with van der Waals surface area (Å²) in [6.07, 6.45) is 0.591. The first-order valence-electron chi connectivity index (χ1n) is 7.13. The Morgan fingerprint density at radius 1 is 0.727 bits per heavy atom. The summed E-state index contributed by atoms with van der Waals surface area (Å²) >= 11 is 3.92. The summed E-state index contributed by atoms with van der Waals surface area (Å²) in [5.74, 6) is -0.270. The molecule has 0 fully saturated rings. The molecule has 0 aromatic rings. The second kappa shape index (κ2) is 14.8. The lowest BCUT2D eigenvalue weighted by Crippen LogP contribution is -2.15. The van der Waals surface area contributed by atoms with Crippen LogP contribution in [0.15, 0.2) is 0 Å². The Morgan fingerprint density at radius 3 is 1.64 bits per heavy atom. The molecule has 0 rings (SSSR count). The van der Waals surface area contributed by atoms with Crippen LogP contribution < -0.4 is 0 Å². The maximum atomic E-state index is 11.2. The van der Waals surface area contributed by atoms with Crippen LogP contribution in [0, 0.1) is 0 Å². The second-order valence-electron chi connectivity index (χ2n) is 4.34. The minimum absolute atomic E-state index is 0.0401. The van der Waals surface area contributed by atoms with Crippen molar-refractivity contribution in [3.05, 3.63) is 0 Å². The van der Waals surface area contributed by atoms with Crippen LogP contribution in [0.25, 0.3) is 0 Å². The van der Waals surface area contributed by atoms with E-state index in [1.165, 1.54) is 6.92 Å². The van der Waals surface area contributed by atoms with E-state index in [2.05, 4.69) is 12.6 Å². The summed E-state index contributed by atoms with van der Waals surface area (Å²) < 4.78 is 20.1. The number of ketones is 1. The van der Waals surface area contributed by atoms with Crippen LogP contribution >= 0.6 is 12.6 Å². The van der Waals surface area contributed by atoms with E-state index in [-0.39, 0.29) is 50.8 Å². The average molecular weight is 336 g/mol. The summed E-state index contributed by atoms with van der Waals surface area (Å²) in [4.78, 5) is 32.8. The maximum absolute atomic E-state index is 11.2. The molecule has 0 bridgehead atoms. The molecule has 0 N–H and O–H groups in total. The number of hydrogen-bond acceptors (Lipinski definition) is 8. The van der Waals surface area contributed by atoms with E-state index in [9.17, 15) is 14.4 Å². The standard InChI is InChI=1S/C14H24O7S/c1-12(15)2-3-13(16)20-9-7-18-5-6-19-8-10-21-14(17)4-11-22/h22H,2-11H2,1H3. The van der Waals surface area contributed by atoms with E-state index in [0.29, 0.717) is 25.6 Å². The van der Waals surface area contributed by atoms with Crippen molar-refractivity contribution in [1.82, 2.24) is 0 Å². The van der Waals surface area contributed by atoms with Gasteiger partial charge in [-0.2, -0.15) is 12.6 Å². The van der Waals surface area contributed by atoms with E-state index < -0.39 is 5.97 Å². The molecule has 8 heteroatoms. The molecule has 0 saturated heterocycles. The molecule has 0 spiro atoms. The fourth-order valence-electron chi connectivity index (χ4n) is 1.26. The van der Waals surface area contributed by atoms with Gasteiger partial charge in [-0.3, -0.25) is 9.59 Å². The van der Waals surface area contributed by atoms with E-state index in [4.69, 9.17) is 18.9 Å². The van der Waals surface area contributed by atoms with Gasteiger partial charge in [-0.15, -0.1) is 0 Å². The zero-order chi connectivity index (χ0) is 16.6. The molecule has 0 aliphatic rings. The molecule has 0 aromatic carbocycles.